The van der Waals surface area contributed by atoms with Crippen molar-refractivity contribution >= 4 is 11.9 Å². The number of esters is 2. The fourth-order valence-electron chi connectivity index (χ4n) is 1.88. The second-order valence-electron chi connectivity index (χ2n) is 5.71. The molecule has 0 rings (SSSR count). The molecule has 6 heteroatoms. The number of aliphatic hydroxyl groups excluding tert-OH is 1. The molecule has 0 bridgehead atoms. The summed E-state index contributed by atoms with van der Waals surface area (Å²) in [5, 5.41) is 17.8. The molecule has 0 fully saturated rings. The molecule has 2 N–H and O–H groups in total. The highest BCUT2D eigenvalue weighted by atomic mass is 16.5. The first-order valence-electron chi connectivity index (χ1n) is 7.75. The zero-order valence-electron chi connectivity index (χ0n) is 14.0. The molecule has 0 radical (unpaired) electrons. The molecule has 0 saturated heterocycles. The number of carbonyl (C=O) groups excluding carboxylic acids is 2. The minimum absolute atomic E-state index is 0.0700. The lowest BCUT2D eigenvalue weighted by atomic mass is 9.97. The van der Waals surface area contributed by atoms with E-state index in [1.807, 2.05) is 0 Å². The van der Waals surface area contributed by atoms with Crippen molar-refractivity contribution in [3.63, 3.8) is 0 Å². The van der Waals surface area contributed by atoms with Crippen molar-refractivity contribution in [2.24, 2.45) is 5.92 Å². The van der Waals surface area contributed by atoms with Crippen LogP contribution >= 0.6 is 0 Å². The molecule has 132 valence electrons. The molecule has 0 aliphatic heterocycles. The molecule has 0 aliphatic rings. The van der Waals surface area contributed by atoms with Gasteiger partial charge in [0, 0.05) is 11.1 Å². The SMILES string of the molecule is C=C(C)C(=O)OCCCC(CCCC(O)O)COC(=O)C(=C)C. The zero-order valence-corrected chi connectivity index (χ0v) is 14.0. The Morgan fingerprint density at radius 1 is 0.913 bits per heavy atom. The van der Waals surface area contributed by atoms with E-state index in [1.54, 1.807) is 13.8 Å². The number of carbonyl (C=O) groups is 2. The molecule has 1 atom stereocenters. The Hall–Kier alpha value is -1.66. The van der Waals surface area contributed by atoms with Gasteiger partial charge in [0.1, 0.15) is 0 Å². The minimum Gasteiger partial charge on any atom is -0.462 e. The molecule has 0 aliphatic carbocycles. The van der Waals surface area contributed by atoms with E-state index in [1.165, 1.54) is 0 Å². The van der Waals surface area contributed by atoms with Crippen molar-refractivity contribution in [2.75, 3.05) is 13.2 Å². The lowest BCUT2D eigenvalue weighted by Gasteiger charge is -2.17. The van der Waals surface area contributed by atoms with Crippen LogP contribution in [0.15, 0.2) is 24.3 Å². The van der Waals surface area contributed by atoms with Crippen molar-refractivity contribution in [2.45, 2.75) is 52.2 Å². The van der Waals surface area contributed by atoms with Crippen molar-refractivity contribution in [1.29, 1.82) is 0 Å². The number of ether oxygens (including phenoxy) is 2. The first kappa shape index (κ1) is 21.3. The summed E-state index contributed by atoms with van der Waals surface area (Å²) in [6.07, 6.45) is 1.58. The molecule has 0 aromatic rings. The summed E-state index contributed by atoms with van der Waals surface area (Å²) in [5.41, 5.74) is 0.693. The Morgan fingerprint density at radius 3 is 1.96 bits per heavy atom. The van der Waals surface area contributed by atoms with Gasteiger partial charge in [0.05, 0.1) is 13.2 Å². The summed E-state index contributed by atoms with van der Waals surface area (Å²) in [4.78, 5) is 22.7. The van der Waals surface area contributed by atoms with E-state index < -0.39 is 18.2 Å². The molecule has 0 aromatic carbocycles. The van der Waals surface area contributed by atoms with Gasteiger partial charge < -0.3 is 19.7 Å². The third-order valence-electron chi connectivity index (χ3n) is 3.21. The van der Waals surface area contributed by atoms with Crippen LogP contribution in [0.5, 0.6) is 0 Å². The topological polar surface area (TPSA) is 93.1 Å². The van der Waals surface area contributed by atoms with Gasteiger partial charge in [0.25, 0.3) is 0 Å². The second kappa shape index (κ2) is 11.8. The third kappa shape index (κ3) is 11.5. The van der Waals surface area contributed by atoms with Gasteiger partial charge in [-0.25, -0.2) is 9.59 Å². The van der Waals surface area contributed by atoms with E-state index in [-0.39, 0.29) is 25.6 Å². The van der Waals surface area contributed by atoms with Crippen molar-refractivity contribution in [3.05, 3.63) is 24.3 Å². The van der Waals surface area contributed by atoms with E-state index in [4.69, 9.17) is 19.7 Å². The highest BCUT2D eigenvalue weighted by Gasteiger charge is 2.14. The number of rotatable bonds is 12. The predicted octanol–water partition coefficient (Wildman–Crippen LogP) is 2.10. The monoisotopic (exact) mass is 328 g/mol. The van der Waals surface area contributed by atoms with E-state index in [0.29, 0.717) is 36.8 Å². The Morgan fingerprint density at radius 2 is 1.43 bits per heavy atom. The van der Waals surface area contributed by atoms with Crippen LogP contribution in [0.25, 0.3) is 0 Å². The maximum absolute atomic E-state index is 11.4. The second-order valence-corrected chi connectivity index (χ2v) is 5.71. The van der Waals surface area contributed by atoms with Crippen LogP contribution < -0.4 is 0 Å². The average Bonchev–Trinajstić information content (AvgIpc) is 2.46. The van der Waals surface area contributed by atoms with Crippen molar-refractivity contribution < 1.29 is 29.3 Å². The maximum Gasteiger partial charge on any atom is 0.333 e. The molecule has 0 spiro atoms. The minimum atomic E-state index is -1.33. The van der Waals surface area contributed by atoms with E-state index in [9.17, 15) is 9.59 Å². The van der Waals surface area contributed by atoms with Gasteiger partial charge >= 0.3 is 11.9 Å². The number of hydrogen-bond acceptors (Lipinski definition) is 6. The highest BCUT2D eigenvalue weighted by molar-refractivity contribution is 5.87. The molecular weight excluding hydrogens is 300 g/mol. The van der Waals surface area contributed by atoms with Crippen LogP contribution in [0.2, 0.25) is 0 Å². The molecular formula is C17H28O6. The van der Waals surface area contributed by atoms with E-state index >= 15 is 0 Å². The first-order valence-corrected chi connectivity index (χ1v) is 7.75. The van der Waals surface area contributed by atoms with Gasteiger partial charge in [0.2, 0.25) is 0 Å². The quantitative estimate of drug-likeness (QED) is 0.247. The molecule has 0 aromatic heterocycles. The normalized spacial score (nSPS) is 11.9. The van der Waals surface area contributed by atoms with Crippen molar-refractivity contribution in [3.8, 4) is 0 Å². The Kier molecular flexibility index (Phi) is 11.0. The Bertz CT molecular complexity index is 413. The molecule has 0 saturated carbocycles. The summed E-state index contributed by atoms with van der Waals surface area (Å²) < 4.78 is 10.2. The Balaban J connectivity index is 4.19. The first-order chi connectivity index (χ1) is 10.7. The van der Waals surface area contributed by atoms with Crippen LogP contribution in [0.3, 0.4) is 0 Å². The summed E-state index contributed by atoms with van der Waals surface area (Å²) in [6, 6.07) is 0. The molecule has 6 nitrogen and oxygen atoms in total. The number of hydrogen-bond donors (Lipinski definition) is 2. The van der Waals surface area contributed by atoms with Gasteiger partial charge in [-0.1, -0.05) is 13.2 Å². The van der Waals surface area contributed by atoms with Gasteiger partial charge in [-0.2, -0.15) is 0 Å². The third-order valence-corrected chi connectivity index (χ3v) is 3.21. The van der Waals surface area contributed by atoms with Gasteiger partial charge in [-0.3, -0.25) is 0 Å². The average molecular weight is 328 g/mol. The largest absolute Gasteiger partial charge is 0.462 e. The van der Waals surface area contributed by atoms with Crippen LogP contribution in [0.4, 0.5) is 0 Å². The molecule has 1 unspecified atom stereocenters. The fourth-order valence-corrected chi connectivity index (χ4v) is 1.88. The lowest BCUT2D eigenvalue weighted by Crippen LogP contribution is -2.16. The zero-order chi connectivity index (χ0) is 17.8. The molecule has 0 amide bonds. The van der Waals surface area contributed by atoms with Crippen molar-refractivity contribution in [1.82, 2.24) is 0 Å². The maximum atomic E-state index is 11.4. The highest BCUT2D eigenvalue weighted by Crippen LogP contribution is 2.17. The smallest absolute Gasteiger partial charge is 0.333 e. The van der Waals surface area contributed by atoms with Gasteiger partial charge in [-0.15, -0.1) is 0 Å². The van der Waals surface area contributed by atoms with Crippen LogP contribution in [-0.2, 0) is 19.1 Å². The summed E-state index contributed by atoms with van der Waals surface area (Å²) >= 11 is 0. The van der Waals surface area contributed by atoms with E-state index in [2.05, 4.69) is 13.2 Å². The van der Waals surface area contributed by atoms with Crippen LogP contribution in [0.1, 0.15) is 46.0 Å². The van der Waals surface area contributed by atoms with Gasteiger partial charge in [0.15, 0.2) is 6.29 Å². The summed E-state index contributed by atoms with van der Waals surface area (Å²) in [5.74, 6) is -0.787. The fraction of sp³-hybridized carbons (Fsp3) is 0.647. The summed E-state index contributed by atoms with van der Waals surface area (Å²) in [7, 11) is 0. The lowest BCUT2D eigenvalue weighted by molar-refractivity contribution is -0.140. The van der Waals surface area contributed by atoms with Gasteiger partial charge in [-0.05, 0) is 51.9 Å². The number of aliphatic hydroxyl groups is 2. The Labute approximate surface area is 137 Å². The summed E-state index contributed by atoms with van der Waals surface area (Å²) in [6.45, 7) is 10.7. The van der Waals surface area contributed by atoms with Crippen LogP contribution in [0, 0.1) is 5.92 Å². The van der Waals surface area contributed by atoms with Crippen LogP contribution in [-0.4, -0.2) is 41.7 Å². The predicted molar refractivity (Wildman–Crippen MR) is 86.3 cm³/mol. The van der Waals surface area contributed by atoms with E-state index in [0.717, 1.165) is 0 Å². The standard InChI is InChI=1S/C17H28O6/c1-12(2)16(20)22-10-6-8-14(7-5-9-15(18)19)11-23-17(21)13(3)4/h14-15,18-19H,1,3,5-11H2,2,4H3. The molecule has 23 heavy (non-hydrogen) atoms. The molecule has 0 heterocycles.